The minimum absolute atomic E-state index is 0.0369. The minimum Gasteiger partial charge on any atom is -0.493 e. The van der Waals surface area contributed by atoms with Crippen LogP contribution in [-0.2, 0) is 29.2 Å². The van der Waals surface area contributed by atoms with Crippen molar-refractivity contribution < 1.29 is 34.4 Å². The van der Waals surface area contributed by atoms with Crippen molar-refractivity contribution in [2.75, 3.05) is 20.3 Å². The Morgan fingerprint density at radius 3 is 2.29 bits per heavy atom. The Morgan fingerprint density at radius 1 is 0.976 bits per heavy atom. The summed E-state index contributed by atoms with van der Waals surface area (Å²) in [6.45, 7) is -0.251. The van der Waals surface area contributed by atoms with Gasteiger partial charge in [0.1, 0.15) is 12.2 Å². The van der Waals surface area contributed by atoms with Gasteiger partial charge in [-0.25, -0.2) is 0 Å². The zero-order chi connectivity index (χ0) is 28.9. The summed E-state index contributed by atoms with van der Waals surface area (Å²) in [7, 11) is 1.48. The molecule has 9 nitrogen and oxygen atoms in total. The van der Waals surface area contributed by atoms with Crippen molar-refractivity contribution in [3.63, 3.8) is 0 Å². The molecule has 5 rings (SSSR count). The summed E-state index contributed by atoms with van der Waals surface area (Å²) >= 11 is 0. The first kappa shape index (κ1) is 28.4. The monoisotopic (exact) mass is 558 g/mol. The summed E-state index contributed by atoms with van der Waals surface area (Å²) in [6, 6.07) is 21.3. The lowest BCUT2D eigenvalue weighted by atomic mass is 9.77. The molecule has 0 unspecified atom stereocenters. The van der Waals surface area contributed by atoms with Crippen LogP contribution in [0.5, 0.6) is 11.5 Å². The van der Waals surface area contributed by atoms with E-state index in [-0.39, 0.29) is 38.6 Å². The van der Waals surface area contributed by atoms with E-state index in [0.717, 1.165) is 11.1 Å². The van der Waals surface area contributed by atoms with Crippen molar-refractivity contribution in [1.82, 2.24) is 10.2 Å². The number of nitrogens with one attached hydrogen (secondary N) is 1. The van der Waals surface area contributed by atoms with Gasteiger partial charge in [0.05, 0.1) is 38.7 Å². The van der Waals surface area contributed by atoms with Crippen molar-refractivity contribution in [3.05, 3.63) is 107 Å². The zero-order valence-corrected chi connectivity index (χ0v) is 22.8. The van der Waals surface area contributed by atoms with Gasteiger partial charge in [-0.05, 0) is 34.9 Å². The van der Waals surface area contributed by atoms with Crippen LogP contribution in [0.3, 0.4) is 0 Å². The molecular weight excluding hydrogens is 524 g/mol. The summed E-state index contributed by atoms with van der Waals surface area (Å²) in [4.78, 5) is 29.0. The fraction of sp³-hybridized carbons (Fsp3) is 0.312. The average Bonchev–Trinajstić information content (AvgIpc) is 3.39. The van der Waals surface area contributed by atoms with E-state index >= 15 is 0 Å². The van der Waals surface area contributed by atoms with Crippen LogP contribution in [0.1, 0.15) is 28.2 Å². The topological polar surface area (TPSA) is 129 Å². The molecule has 2 aliphatic rings. The first-order valence-corrected chi connectivity index (χ1v) is 13.6. The Kier molecular flexibility index (Phi) is 8.68. The van der Waals surface area contributed by atoms with Gasteiger partial charge in [0.2, 0.25) is 11.8 Å². The highest BCUT2D eigenvalue weighted by Gasteiger charge is 2.51. The lowest BCUT2D eigenvalue weighted by Crippen LogP contribution is -2.55. The van der Waals surface area contributed by atoms with Crippen molar-refractivity contribution in [1.29, 1.82) is 0 Å². The number of ether oxygens (including phenoxy) is 2. The molecule has 0 bridgehead atoms. The predicted molar refractivity (Wildman–Crippen MR) is 151 cm³/mol. The van der Waals surface area contributed by atoms with Crippen molar-refractivity contribution in [2.24, 2.45) is 0 Å². The summed E-state index contributed by atoms with van der Waals surface area (Å²) in [5, 5.41) is 33.7. The molecule has 0 saturated carbocycles. The second-order valence-corrected chi connectivity index (χ2v) is 10.2. The molecule has 3 aromatic rings. The molecule has 0 saturated heterocycles. The Labute approximate surface area is 238 Å². The second kappa shape index (κ2) is 12.6. The van der Waals surface area contributed by atoms with E-state index in [9.17, 15) is 24.9 Å². The third-order valence-corrected chi connectivity index (χ3v) is 7.57. The van der Waals surface area contributed by atoms with Crippen molar-refractivity contribution >= 4 is 11.8 Å². The number of hydrogen-bond donors (Lipinski definition) is 4. The van der Waals surface area contributed by atoms with Crippen LogP contribution in [0.15, 0.2) is 84.4 Å². The maximum Gasteiger partial charge on any atom is 0.247 e. The number of fused-ring (bicyclic) bond motifs is 3. The van der Waals surface area contributed by atoms with Gasteiger partial charge < -0.3 is 35.0 Å². The molecule has 9 heteroatoms. The van der Waals surface area contributed by atoms with Crippen LogP contribution in [0, 0.1) is 0 Å². The summed E-state index contributed by atoms with van der Waals surface area (Å²) < 4.78 is 11.8. The summed E-state index contributed by atoms with van der Waals surface area (Å²) in [5.41, 5.74) is 3.18. The molecule has 1 aliphatic heterocycles. The smallest absolute Gasteiger partial charge is 0.247 e. The molecule has 214 valence electrons. The van der Waals surface area contributed by atoms with Crippen LogP contribution >= 0.6 is 0 Å². The van der Waals surface area contributed by atoms with Crippen LogP contribution in [0.4, 0.5) is 0 Å². The van der Waals surface area contributed by atoms with E-state index in [1.165, 1.54) is 7.11 Å². The molecule has 41 heavy (non-hydrogen) atoms. The molecule has 4 N–H and O–H groups in total. The first-order chi connectivity index (χ1) is 19.9. The fourth-order valence-electron chi connectivity index (χ4n) is 5.63. The quantitative estimate of drug-likeness (QED) is 0.300. The molecule has 0 radical (unpaired) electrons. The van der Waals surface area contributed by atoms with Gasteiger partial charge in [0.15, 0.2) is 11.5 Å². The largest absolute Gasteiger partial charge is 0.493 e. The molecule has 1 aliphatic carbocycles. The number of rotatable bonds is 10. The predicted octanol–water partition coefficient (Wildman–Crippen LogP) is 2.08. The number of nitrogens with zero attached hydrogens (tertiary/aromatic N) is 1. The van der Waals surface area contributed by atoms with E-state index in [0.29, 0.717) is 28.2 Å². The molecule has 4 atom stereocenters. The Hall–Kier alpha value is -4.18. The zero-order valence-electron chi connectivity index (χ0n) is 22.8. The number of methoxy groups -OCH3 is 1. The van der Waals surface area contributed by atoms with E-state index in [4.69, 9.17) is 9.47 Å². The van der Waals surface area contributed by atoms with Gasteiger partial charge in [-0.3, -0.25) is 9.59 Å². The highest BCUT2D eigenvalue weighted by Crippen LogP contribution is 2.51. The number of aliphatic hydroxyl groups excluding tert-OH is 3. The van der Waals surface area contributed by atoms with Gasteiger partial charge in [-0.2, -0.15) is 0 Å². The first-order valence-electron chi connectivity index (χ1n) is 13.6. The van der Waals surface area contributed by atoms with Crippen LogP contribution in [-0.4, -0.2) is 70.5 Å². The summed E-state index contributed by atoms with van der Waals surface area (Å²) in [6.07, 6.45) is -0.339. The van der Waals surface area contributed by atoms with Gasteiger partial charge in [-0.15, -0.1) is 0 Å². The van der Waals surface area contributed by atoms with E-state index < -0.39 is 30.1 Å². The van der Waals surface area contributed by atoms with Gasteiger partial charge in [0, 0.05) is 24.2 Å². The SMILES string of the molecule is COc1cc(CO)cc2c1O[C@@H]1[C@@H](O)[C@H](N(Cc3ccccc3)C(=O)Cc3ccccc3)C=C(C(=O)NCCO)[C@H]21. The van der Waals surface area contributed by atoms with Crippen molar-refractivity contribution in [2.45, 2.75) is 43.7 Å². The van der Waals surface area contributed by atoms with Gasteiger partial charge in [-0.1, -0.05) is 60.7 Å². The maximum absolute atomic E-state index is 13.9. The number of benzene rings is 3. The number of carbonyl (C=O) groups is 2. The standard InChI is InChI=1S/C32H34N2O7/c1-40-26-15-22(19-36)14-23-28-24(32(39)33-12-13-35)17-25(29(38)31(28)41-30(23)26)34(18-21-10-6-3-7-11-21)27(37)16-20-8-4-2-5-9-20/h2-11,14-15,17,25,28-29,31,35-36,38H,12-13,16,18-19H2,1H3,(H,33,39)/t25-,28+,29+,31+/m1/s1. The fourth-order valence-corrected chi connectivity index (χ4v) is 5.63. The second-order valence-electron chi connectivity index (χ2n) is 10.2. The highest BCUT2D eigenvalue weighted by atomic mass is 16.5. The van der Waals surface area contributed by atoms with Gasteiger partial charge in [0.25, 0.3) is 0 Å². The Balaban J connectivity index is 1.59. The normalized spacial score (nSPS) is 20.7. The Bertz CT molecular complexity index is 1410. The molecule has 1 heterocycles. The van der Waals surface area contributed by atoms with Crippen LogP contribution in [0.25, 0.3) is 0 Å². The van der Waals surface area contributed by atoms with Crippen molar-refractivity contribution in [3.8, 4) is 11.5 Å². The minimum atomic E-state index is -1.19. The number of carbonyl (C=O) groups excluding carboxylic acids is 2. The van der Waals surface area contributed by atoms with Gasteiger partial charge >= 0.3 is 0 Å². The molecule has 0 fully saturated rings. The Morgan fingerprint density at radius 2 is 1.66 bits per heavy atom. The van der Waals surface area contributed by atoms with E-state index in [1.54, 1.807) is 23.1 Å². The molecule has 3 aromatic carbocycles. The average molecular weight is 559 g/mol. The lowest BCUT2D eigenvalue weighted by molar-refractivity contribution is -0.137. The highest BCUT2D eigenvalue weighted by molar-refractivity contribution is 5.96. The number of hydrogen-bond acceptors (Lipinski definition) is 7. The maximum atomic E-state index is 13.9. The molecular formula is C32H34N2O7. The van der Waals surface area contributed by atoms with Crippen LogP contribution in [0.2, 0.25) is 0 Å². The third kappa shape index (κ3) is 5.83. The van der Waals surface area contributed by atoms with Crippen LogP contribution < -0.4 is 14.8 Å². The summed E-state index contributed by atoms with van der Waals surface area (Å²) in [5.74, 6) is -0.583. The molecule has 0 aromatic heterocycles. The third-order valence-electron chi connectivity index (χ3n) is 7.57. The molecule has 2 amide bonds. The number of amides is 2. The van der Waals surface area contributed by atoms with E-state index in [2.05, 4.69) is 5.32 Å². The van der Waals surface area contributed by atoms with E-state index in [1.807, 2.05) is 60.7 Å². The number of aliphatic hydroxyl groups is 3. The molecule has 0 spiro atoms. The lowest BCUT2D eigenvalue weighted by Gasteiger charge is -2.41.